The largest absolute Gasteiger partial charge is 0.506 e. The highest BCUT2D eigenvalue weighted by molar-refractivity contribution is 6.03. The monoisotopic (exact) mass is 259 g/mol. The van der Waals surface area contributed by atoms with Crippen molar-refractivity contribution >= 4 is 16.7 Å². The van der Waals surface area contributed by atoms with Gasteiger partial charge in [0.05, 0.1) is 18.2 Å². The second-order valence-electron chi connectivity index (χ2n) is 4.44. The summed E-state index contributed by atoms with van der Waals surface area (Å²) in [6.07, 6.45) is 0.635. The van der Waals surface area contributed by atoms with Gasteiger partial charge in [0.2, 0.25) is 0 Å². The highest BCUT2D eigenvalue weighted by Crippen LogP contribution is 2.28. The van der Waals surface area contributed by atoms with Crippen LogP contribution in [0.15, 0.2) is 36.4 Å². The van der Waals surface area contributed by atoms with Gasteiger partial charge in [-0.25, -0.2) is 0 Å². The summed E-state index contributed by atoms with van der Waals surface area (Å²) in [4.78, 5) is 12.1. The minimum atomic E-state index is -0.371. The van der Waals surface area contributed by atoms with E-state index in [1.165, 1.54) is 0 Å². The van der Waals surface area contributed by atoms with E-state index in [9.17, 15) is 9.90 Å². The fraction of sp³-hybridized carbons (Fsp3) is 0.267. The Morgan fingerprint density at radius 1 is 1.26 bits per heavy atom. The van der Waals surface area contributed by atoms with Gasteiger partial charge in [0.25, 0.3) is 5.91 Å². The Balaban J connectivity index is 2.35. The molecule has 0 aliphatic carbocycles. The van der Waals surface area contributed by atoms with Gasteiger partial charge in [-0.05, 0) is 17.9 Å². The summed E-state index contributed by atoms with van der Waals surface area (Å²) in [5.74, 6) is -0.396. The maximum absolute atomic E-state index is 12.1. The van der Waals surface area contributed by atoms with E-state index in [1.54, 1.807) is 18.2 Å². The zero-order valence-corrected chi connectivity index (χ0v) is 10.8. The molecule has 1 atom stereocenters. The first-order valence-corrected chi connectivity index (χ1v) is 6.29. The molecule has 1 amide bonds. The molecule has 0 aliphatic heterocycles. The predicted octanol–water partition coefficient (Wildman–Crippen LogP) is 2.05. The molecule has 4 nitrogen and oxygen atoms in total. The number of carbonyl (C=O) groups excluding carboxylic acids is 1. The van der Waals surface area contributed by atoms with Crippen molar-refractivity contribution in [3.8, 4) is 5.75 Å². The molecule has 0 aliphatic rings. The van der Waals surface area contributed by atoms with Crippen molar-refractivity contribution in [3.05, 3.63) is 42.0 Å². The lowest BCUT2D eigenvalue weighted by Crippen LogP contribution is -2.36. The Labute approximate surface area is 111 Å². The number of benzene rings is 2. The summed E-state index contributed by atoms with van der Waals surface area (Å²) < 4.78 is 0. The van der Waals surface area contributed by atoms with Crippen LogP contribution in [0.4, 0.5) is 0 Å². The summed E-state index contributed by atoms with van der Waals surface area (Å²) >= 11 is 0. The predicted molar refractivity (Wildman–Crippen MR) is 74.2 cm³/mol. The van der Waals surface area contributed by atoms with Gasteiger partial charge in [-0.1, -0.05) is 37.3 Å². The number of aromatic hydroxyl groups is 1. The Morgan fingerprint density at radius 3 is 2.68 bits per heavy atom. The van der Waals surface area contributed by atoms with E-state index in [4.69, 9.17) is 5.11 Å². The molecule has 2 rings (SSSR count). The number of carbonyl (C=O) groups is 1. The number of aliphatic hydroxyl groups is 1. The average molecular weight is 259 g/mol. The van der Waals surface area contributed by atoms with Crippen LogP contribution < -0.4 is 5.32 Å². The van der Waals surface area contributed by atoms with Gasteiger partial charge >= 0.3 is 0 Å². The van der Waals surface area contributed by atoms with Crippen molar-refractivity contribution in [1.82, 2.24) is 5.32 Å². The SMILES string of the molecule is CC[C@@H](CO)NC(=O)c1ccc2ccccc2c1O. The first kappa shape index (κ1) is 13.4. The highest BCUT2D eigenvalue weighted by atomic mass is 16.3. The van der Waals surface area contributed by atoms with Crippen LogP contribution in [0.1, 0.15) is 23.7 Å². The van der Waals surface area contributed by atoms with Crippen molar-refractivity contribution < 1.29 is 15.0 Å². The molecule has 3 N–H and O–H groups in total. The van der Waals surface area contributed by atoms with Crippen molar-refractivity contribution in [3.63, 3.8) is 0 Å². The molecule has 2 aromatic carbocycles. The number of amides is 1. The molecule has 0 saturated carbocycles. The zero-order valence-electron chi connectivity index (χ0n) is 10.8. The van der Waals surface area contributed by atoms with Crippen molar-refractivity contribution in [2.24, 2.45) is 0 Å². The van der Waals surface area contributed by atoms with Crippen LogP contribution in [-0.4, -0.2) is 28.8 Å². The lowest BCUT2D eigenvalue weighted by molar-refractivity contribution is 0.0912. The molecule has 0 radical (unpaired) electrons. The standard InChI is InChI=1S/C15H17NO3/c1-2-11(9-17)16-15(19)13-8-7-10-5-3-4-6-12(10)14(13)18/h3-8,11,17-18H,2,9H2,1H3,(H,16,19)/t11-/m0/s1. The topological polar surface area (TPSA) is 69.6 Å². The van der Waals surface area contributed by atoms with Crippen molar-refractivity contribution in [2.45, 2.75) is 19.4 Å². The minimum absolute atomic E-state index is 0.0246. The molecule has 0 spiro atoms. The van der Waals surface area contributed by atoms with E-state index in [0.29, 0.717) is 11.8 Å². The molecule has 0 heterocycles. The Kier molecular flexibility index (Phi) is 4.02. The molecule has 4 heteroatoms. The van der Waals surface area contributed by atoms with E-state index in [-0.39, 0.29) is 29.9 Å². The van der Waals surface area contributed by atoms with Gasteiger partial charge in [0.15, 0.2) is 0 Å². The van der Waals surface area contributed by atoms with Crippen LogP contribution >= 0.6 is 0 Å². The van der Waals surface area contributed by atoms with Gasteiger partial charge in [-0.2, -0.15) is 0 Å². The van der Waals surface area contributed by atoms with Crippen LogP contribution in [0.3, 0.4) is 0 Å². The quantitative estimate of drug-likeness (QED) is 0.787. The van der Waals surface area contributed by atoms with E-state index in [2.05, 4.69) is 5.32 Å². The number of phenols is 1. The maximum atomic E-state index is 12.1. The molecule has 0 bridgehead atoms. The first-order chi connectivity index (χ1) is 9.17. The third-order valence-corrected chi connectivity index (χ3v) is 3.19. The van der Waals surface area contributed by atoms with Gasteiger partial charge in [0, 0.05) is 5.39 Å². The number of nitrogens with one attached hydrogen (secondary N) is 1. The van der Waals surface area contributed by atoms with Gasteiger partial charge in [0.1, 0.15) is 5.75 Å². The second kappa shape index (κ2) is 5.71. The van der Waals surface area contributed by atoms with E-state index in [1.807, 2.05) is 25.1 Å². The number of phenolic OH excluding ortho intramolecular Hbond substituents is 1. The Bertz CT molecular complexity index is 591. The van der Waals surface area contributed by atoms with Gasteiger partial charge in [-0.15, -0.1) is 0 Å². The third-order valence-electron chi connectivity index (χ3n) is 3.19. The fourth-order valence-corrected chi connectivity index (χ4v) is 1.98. The van der Waals surface area contributed by atoms with Crippen LogP contribution in [0, 0.1) is 0 Å². The smallest absolute Gasteiger partial charge is 0.255 e. The highest BCUT2D eigenvalue weighted by Gasteiger charge is 2.16. The van der Waals surface area contributed by atoms with Gasteiger partial charge in [-0.3, -0.25) is 4.79 Å². The zero-order chi connectivity index (χ0) is 13.8. The molecule has 0 saturated heterocycles. The molecular formula is C15H17NO3. The summed E-state index contributed by atoms with van der Waals surface area (Å²) in [6, 6.07) is 10.4. The van der Waals surface area contributed by atoms with Gasteiger partial charge < -0.3 is 15.5 Å². The van der Waals surface area contributed by atoms with Crippen LogP contribution in [0.2, 0.25) is 0 Å². The third kappa shape index (κ3) is 2.69. The van der Waals surface area contributed by atoms with E-state index >= 15 is 0 Å². The summed E-state index contributed by atoms with van der Waals surface area (Å²) in [5, 5.41) is 23.5. The molecular weight excluding hydrogens is 242 g/mol. The summed E-state index contributed by atoms with van der Waals surface area (Å²) in [5.41, 5.74) is 0.227. The number of rotatable bonds is 4. The first-order valence-electron chi connectivity index (χ1n) is 6.29. The second-order valence-corrected chi connectivity index (χ2v) is 4.44. The number of fused-ring (bicyclic) bond motifs is 1. The lowest BCUT2D eigenvalue weighted by atomic mass is 10.0. The normalized spacial score (nSPS) is 12.3. The average Bonchev–Trinajstić information content (AvgIpc) is 2.45. The number of aliphatic hydroxyl groups excluding tert-OH is 1. The van der Waals surface area contributed by atoms with Crippen molar-refractivity contribution in [2.75, 3.05) is 6.61 Å². The molecule has 0 fully saturated rings. The van der Waals surface area contributed by atoms with E-state index < -0.39 is 0 Å². The molecule has 100 valence electrons. The number of hydrogen-bond acceptors (Lipinski definition) is 3. The Hall–Kier alpha value is -2.07. The molecule has 2 aromatic rings. The van der Waals surface area contributed by atoms with E-state index in [0.717, 1.165) is 5.39 Å². The minimum Gasteiger partial charge on any atom is -0.506 e. The Morgan fingerprint density at radius 2 is 2.00 bits per heavy atom. The van der Waals surface area contributed by atoms with Crippen LogP contribution in [0.25, 0.3) is 10.8 Å². The maximum Gasteiger partial charge on any atom is 0.255 e. The summed E-state index contributed by atoms with van der Waals surface area (Å²) in [6.45, 7) is 1.76. The molecule has 0 unspecified atom stereocenters. The lowest BCUT2D eigenvalue weighted by Gasteiger charge is -2.15. The van der Waals surface area contributed by atoms with Crippen LogP contribution in [0.5, 0.6) is 5.75 Å². The molecule has 0 aromatic heterocycles. The number of hydrogen-bond donors (Lipinski definition) is 3. The summed E-state index contributed by atoms with van der Waals surface area (Å²) in [7, 11) is 0. The van der Waals surface area contributed by atoms with Crippen LogP contribution in [-0.2, 0) is 0 Å². The van der Waals surface area contributed by atoms with Crippen molar-refractivity contribution in [1.29, 1.82) is 0 Å². The fourth-order valence-electron chi connectivity index (χ4n) is 1.98. The molecule has 19 heavy (non-hydrogen) atoms.